The van der Waals surface area contributed by atoms with E-state index in [-0.39, 0.29) is 6.09 Å². The molecule has 1 amide bonds. The van der Waals surface area contributed by atoms with E-state index in [9.17, 15) is 4.79 Å². The van der Waals surface area contributed by atoms with E-state index in [0.717, 1.165) is 43.2 Å². The van der Waals surface area contributed by atoms with Crippen molar-refractivity contribution in [2.45, 2.75) is 19.5 Å². The summed E-state index contributed by atoms with van der Waals surface area (Å²) < 4.78 is 6.90. The molecule has 1 fully saturated rings. The van der Waals surface area contributed by atoms with Gasteiger partial charge < -0.3 is 15.0 Å². The van der Waals surface area contributed by atoms with E-state index in [1.165, 1.54) is 4.88 Å². The van der Waals surface area contributed by atoms with Crippen LogP contribution in [0.4, 0.5) is 4.79 Å². The summed E-state index contributed by atoms with van der Waals surface area (Å²) in [7, 11) is 0. The first-order valence-corrected chi connectivity index (χ1v) is 8.94. The van der Waals surface area contributed by atoms with Gasteiger partial charge in [0.1, 0.15) is 5.69 Å². The first-order valence-electron chi connectivity index (χ1n) is 8.12. The molecule has 0 aromatic carbocycles. The summed E-state index contributed by atoms with van der Waals surface area (Å²) in [5.41, 5.74) is 0.990. The highest BCUT2D eigenvalue weighted by atomic mass is 32.1. The van der Waals surface area contributed by atoms with Crippen molar-refractivity contribution in [1.82, 2.24) is 20.0 Å². The summed E-state index contributed by atoms with van der Waals surface area (Å²) in [4.78, 5) is 15.7. The minimum Gasteiger partial charge on any atom is -0.449 e. The van der Waals surface area contributed by atoms with Crippen LogP contribution in [0.5, 0.6) is 0 Å². The third kappa shape index (κ3) is 4.24. The molecule has 6 nitrogen and oxygen atoms in total. The Morgan fingerprint density at radius 3 is 3.17 bits per heavy atom. The normalized spacial score (nSPS) is 14.7. The van der Waals surface area contributed by atoms with E-state index in [1.807, 2.05) is 23.0 Å². The molecule has 3 heterocycles. The number of carbonyl (C=O) groups is 1. The van der Waals surface area contributed by atoms with Gasteiger partial charge in [-0.15, -0.1) is 17.9 Å². The molecule has 3 rings (SSSR count). The van der Waals surface area contributed by atoms with Gasteiger partial charge in [0, 0.05) is 37.3 Å². The molecule has 0 radical (unpaired) electrons. The molecule has 1 aliphatic heterocycles. The van der Waals surface area contributed by atoms with Crippen molar-refractivity contribution in [2.75, 3.05) is 26.2 Å². The summed E-state index contributed by atoms with van der Waals surface area (Å²) in [5, 5.41) is 7.91. The van der Waals surface area contributed by atoms with Gasteiger partial charge in [0.15, 0.2) is 0 Å². The number of nitrogens with zero attached hydrogens (tertiary/aromatic N) is 3. The number of carbonyl (C=O) groups excluding carboxylic acids is 1. The van der Waals surface area contributed by atoms with Gasteiger partial charge in [-0.1, -0.05) is 6.08 Å². The lowest BCUT2D eigenvalue weighted by atomic mass is 10.3. The predicted molar refractivity (Wildman–Crippen MR) is 95.0 cm³/mol. The van der Waals surface area contributed by atoms with E-state index in [0.29, 0.717) is 13.2 Å². The number of allylic oxidation sites excluding steroid dienone is 1. The Balaban J connectivity index is 1.45. The maximum Gasteiger partial charge on any atom is 0.409 e. The number of aromatic nitrogens is 2. The van der Waals surface area contributed by atoms with Gasteiger partial charge in [0.25, 0.3) is 0 Å². The van der Waals surface area contributed by atoms with Crippen molar-refractivity contribution >= 4 is 17.4 Å². The highest BCUT2D eigenvalue weighted by Gasteiger charge is 2.18. The third-order valence-electron chi connectivity index (χ3n) is 3.78. The summed E-state index contributed by atoms with van der Waals surface area (Å²) in [6.07, 6.45) is 4.51. The fourth-order valence-electron chi connectivity index (χ4n) is 2.56. The van der Waals surface area contributed by atoms with Crippen LogP contribution in [0.2, 0.25) is 0 Å². The van der Waals surface area contributed by atoms with Gasteiger partial charge >= 0.3 is 6.09 Å². The van der Waals surface area contributed by atoms with Gasteiger partial charge in [-0.3, -0.25) is 4.68 Å². The van der Waals surface area contributed by atoms with Crippen molar-refractivity contribution in [3.8, 4) is 10.6 Å². The molecule has 128 valence electrons. The number of thiophene rings is 1. The lowest BCUT2D eigenvalue weighted by Crippen LogP contribution is -2.41. The number of ether oxygens (including phenoxy) is 1. The highest BCUT2D eigenvalue weighted by Crippen LogP contribution is 2.26. The third-order valence-corrected chi connectivity index (χ3v) is 4.89. The van der Waals surface area contributed by atoms with Crippen LogP contribution in [-0.2, 0) is 17.8 Å². The highest BCUT2D eigenvalue weighted by molar-refractivity contribution is 7.15. The summed E-state index contributed by atoms with van der Waals surface area (Å²) in [6, 6.07) is 6.24. The molecule has 0 saturated carbocycles. The fourth-order valence-corrected chi connectivity index (χ4v) is 3.51. The maximum absolute atomic E-state index is 11.5. The van der Waals surface area contributed by atoms with E-state index >= 15 is 0 Å². The number of nitrogens with one attached hydrogen (secondary N) is 1. The molecule has 24 heavy (non-hydrogen) atoms. The molecule has 1 N–H and O–H groups in total. The van der Waals surface area contributed by atoms with Crippen LogP contribution in [-0.4, -0.2) is 47.0 Å². The molecular formula is C17H22N4O2S. The van der Waals surface area contributed by atoms with Crippen LogP contribution in [0.25, 0.3) is 10.6 Å². The minimum absolute atomic E-state index is 0.198. The molecule has 0 unspecified atom stereocenters. The fraction of sp³-hybridized carbons (Fsp3) is 0.412. The van der Waals surface area contributed by atoms with Gasteiger partial charge in [-0.25, -0.2) is 4.79 Å². The second-order valence-electron chi connectivity index (χ2n) is 5.61. The molecule has 1 saturated heterocycles. The van der Waals surface area contributed by atoms with Gasteiger partial charge in [-0.2, -0.15) is 5.10 Å². The molecule has 0 aliphatic carbocycles. The lowest BCUT2D eigenvalue weighted by Gasteiger charge is -2.26. The Morgan fingerprint density at radius 2 is 2.33 bits per heavy atom. The van der Waals surface area contributed by atoms with Crippen LogP contribution < -0.4 is 5.32 Å². The van der Waals surface area contributed by atoms with Crippen LogP contribution >= 0.6 is 11.3 Å². The maximum atomic E-state index is 11.5. The van der Waals surface area contributed by atoms with Crippen LogP contribution in [0.1, 0.15) is 11.3 Å². The number of hydrogen-bond acceptors (Lipinski definition) is 5. The van der Waals surface area contributed by atoms with Crippen molar-refractivity contribution in [3.63, 3.8) is 0 Å². The molecule has 0 atom stereocenters. The van der Waals surface area contributed by atoms with Gasteiger partial charge in [-0.05, 0) is 24.6 Å². The van der Waals surface area contributed by atoms with Gasteiger partial charge in [0.05, 0.1) is 18.0 Å². The average molecular weight is 346 g/mol. The molecule has 2 aromatic rings. The van der Waals surface area contributed by atoms with Crippen molar-refractivity contribution in [2.24, 2.45) is 0 Å². The van der Waals surface area contributed by atoms with Crippen LogP contribution in [0, 0.1) is 0 Å². The second kappa shape index (κ2) is 8.12. The summed E-state index contributed by atoms with van der Waals surface area (Å²) >= 11 is 1.73. The quantitative estimate of drug-likeness (QED) is 0.590. The molecule has 0 bridgehead atoms. The number of rotatable bonds is 8. The second-order valence-corrected chi connectivity index (χ2v) is 6.78. The lowest BCUT2D eigenvalue weighted by molar-refractivity contribution is 0.0733. The Hall–Kier alpha value is -2.12. The van der Waals surface area contributed by atoms with Crippen LogP contribution in [0.3, 0.4) is 0 Å². The first kappa shape index (κ1) is 16.7. The average Bonchev–Trinajstić information content (AvgIpc) is 3.23. The van der Waals surface area contributed by atoms with Crippen molar-refractivity contribution in [3.05, 3.63) is 41.9 Å². The van der Waals surface area contributed by atoms with E-state index in [2.05, 4.69) is 29.1 Å². The zero-order valence-corrected chi connectivity index (χ0v) is 14.4. The standard InChI is InChI=1S/C17H22N4O2S/c1-2-8-21-10-6-15(19-21)16-5-4-14(24-16)13-18-7-11-20-9-3-12-23-17(20)22/h2,4-6,10,18H,1,3,7-9,11-13H2. The predicted octanol–water partition coefficient (Wildman–Crippen LogP) is 2.73. The Kier molecular flexibility index (Phi) is 5.66. The molecule has 0 spiro atoms. The number of cyclic esters (lactones) is 1. The van der Waals surface area contributed by atoms with Gasteiger partial charge in [0.2, 0.25) is 0 Å². The Labute approximate surface area is 145 Å². The molecule has 7 heteroatoms. The summed E-state index contributed by atoms with van der Waals surface area (Å²) in [6.45, 7) is 8.01. The largest absolute Gasteiger partial charge is 0.449 e. The van der Waals surface area contributed by atoms with Crippen molar-refractivity contribution < 1.29 is 9.53 Å². The monoisotopic (exact) mass is 346 g/mol. The topological polar surface area (TPSA) is 59.4 Å². The number of amides is 1. The van der Waals surface area contributed by atoms with E-state index in [1.54, 1.807) is 16.2 Å². The van der Waals surface area contributed by atoms with Crippen molar-refractivity contribution in [1.29, 1.82) is 0 Å². The zero-order chi connectivity index (χ0) is 16.8. The molecular weight excluding hydrogens is 324 g/mol. The Morgan fingerprint density at radius 1 is 1.42 bits per heavy atom. The first-order chi connectivity index (χ1) is 11.8. The number of hydrogen-bond donors (Lipinski definition) is 1. The van der Waals surface area contributed by atoms with Crippen LogP contribution in [0.15, 0.2) is 37.1 Å². The molecule has 2 aromatic heterocycles. The smallest absolute Gasteiger partial charge is 0.409 e. The molecule has 1 aliphatic rings. The summed E-state index contributed by atoms with van der Waals surface area (Å²) in [5.74, 6) is 0. The SMILES string of the molecule is C=CCn1ccc(-c2ccc(CNCCN3CCCOC3=O)s2)n1. The van der Waals surface area contributed by atoms with E-state index < -0.39 is 0 Å². The van der Waals surface area contributed by atoms with E-state index in [4.69, 9.17) is 4.74 Å². The minimum atomic E-state index is -0.198. The zero-order valence-electron chi connectivity index (χ0n) is 13.6. The Bertz CT molecular complexity index is 694.